The number of carbonyl (C=O) groups excluding carboxylic acids is 1. The number of carbonyl (C=O) groups is 2. The number of benzene rings is 1. The minimum Gasteiger partial charge on any atom is -0.478 e. The molecule has 15 heavy (non-hydrogen) atoms. The maximum atomic E-state index is 10.6. The van der Waals surface area contributed by atoms with Crippen LogP contribution in [0.25, 0.3) is 0 Å². The number of nitrogens with two attached hydrogens (primary N) is 1. The zero-order chi connectivity index (χ0) is 11.4. The predicted molar refractivity (Wildman–Crippen MR) is 56.7 cm³/mol. The van der Waals surface area contributed by atoms with Gasteiger partial charge < -0.3 is 15.6 Å². The first-order chi connectivity index (χ1) is 7.04. The van der Waals surface area contributed by atoms with Gasteiger partial charge in [-0.2, -0.15) is 0 Å². The summed E-state index contributed by atoms with van der Waals surface area (Å²) in [5.74, 6) is -1.11. The fourth-order valence-electron chi connectivity index (χ4n) is 1.31. The summed E-state index contributed by atoms with van der Waals surface area (Å²) >= 11 is 0. The number of nitrogen functional groups attached to an aromatic ring is 1. The van der Waals surface area contributed by atoms with E-state index in [1.54, 1.807) is 13.0 Å². The summed E-state index contributed by atoms with van der Waals surface area (Å²) in [5, 5.41) is 8.72. The smallest absolute Gasteiger partial charge is 0.335 e. The lowest BCUT2D eigenvalue weighted by Gasteiger charge is -2.08. The first-order valence-electron chi connectivity index (χ1n) is 4.61. The Hall–Kier alpha value is -1.84. The Kier molecular flexibility index (Phi) is 3.44. The van der Waals surface area contributed by atoms with Crippen molar-refractivity contribution < 1.29 is 14.7 Å². The van der Waals surface area contributed by atoms with Crippen molar-refractivity contribution >= 4 is 17.9 Å². The van der Waals surface area contributed by atoms with Gasteiger partial charge in [0, 0.05) is 11.6 Å². The molecule has 1 unspecified atom stereocenters. The molecule has 0 bridgehead atoms. The first-order valence-corrected chi connectivity index (χ1v) is 4.61. The van der Waals surface area contributed by atoms with E-state index in [-0.39, 0.29) is 11.5 Å². The number of rotatable bonds is 4. The van der Waals surface area contributed by atoms with E-state index in [0.29, 0.717) is 12.1 Å². The highest BCUT2D eigenvalue weighted by Crippen LogP contribution is 2.17. The topological polar surface area (TPSA) is 80.4 Å². The van der Waals surface area contributed by atoms with Gasteiger partial charge in [-0.25, -0.2) is 4.79 Å². The molecule has 0 spiro atoms. The van der Waals surface area contributed by atoms with Crippen molar-refractivity contribution in [3.05, 3.63) is 29.3 Å². The molecule has 0 amide bonds. The number of anilines is 1. The van der Waals surface area contributed by atoms with Crippen LogP contribution in [0.5, 0.6) is 0 Å². The van der Waals surface area contributed by atoms with Crippen LogP contribution in [0.4, 0.5) is 5.69 Å². The molecule has 0 aliphatic heterocycles. The molecule has 1 aromatic rings. The summed E-state index contributed by atoms with van der Waals surface area (Å²) in [4.78, 5) is 21.1. The second-order valence-electron chi connectivity index (χ2n) is 3.54. The number of hydrogen-bond acceptors (Lipinski definition) is 3. The van der Waals surface area contributed by atoms with Gasteiger partial charge >= 0.3 is 5.97 Å². The molecule has 0 aliphatic rings. The molecule has 0 radical (unpaired) electrons. The number of aldehydes is 1. The normalized spacial score (nSPS) is 12.1. The van der Waals surface area contributed by atoms with Gasteiger partial charge in [-0.05, 0) is 24.1 Å². The standard InChI is InChI=1S/C11H13NO3/c1-7(6-13)4-8-2-3-9(11(14)15)5-10(8)12/h2-3,5-7H,4,12H2,1H3,(H,14,15). The molecule has 4 nitrogen and oxygen atoms in total. The maximum absolute atomic E-state index is 10.6. The molecule has 0 aliphatic carbocycles. The van der Waals surface area contributed by atoms with Gasteiger partial charge in [0.2, 0.25) is 0 Å². The highest BCUT2D eigenvalue weighted by Gasteiger charge is 2.08. The molecule has 3 N–H and O–H groups in total. The fraction of sp³-hybridized carbons (Fsp3) is 0.273. The van der Waals surface area contributed by atoms with E-state index in [9.17, 15) is 9.59 Å². The van der Waals surface area contributed by atoms with Crippen molar-refractivity contribution in [1.29, 1.82) is 0 Å². The molecule has 1 aromatic carbocycles. The van der Waals surface area contributed by atoms with Crippen molar-refractivity contribution in [2.24, 2.45) is 5.92 Å². The van der Waals surface area contributed by atoms with Crippen molar-refractivity contribution in [3.8, 4) is 0 Å². The number of aromatic carboxylic acids is 1. The molecule has 1 atom stereocenters. The molecule has 0 saturated heterocycles. The molecule has 0 aromatic heterocycles. The van der Waals surface area contributed by atoms with E-state index in [2.05, 4.69) is 0 Å². The maximum Gasteiger partial charge on any atom is 0.335 e. The lowest BCUT2D eigenvalue weighted by atomic mass is 9.99. The second kappa shape index (κ2) is 4.59. The molecule has 1 rings (SSSR count). The predicted octanol–water partition coefficient (Wildman–Crippen LogP) is 1.34. The van der Waals surface area contributed by atoms with Crippen LogP contribution < -0.4 is 5.73 Å². The third-order valence-electron chi connectivity index (χ3n) is 2.17. The summed E-state index contributed by atoms with van der Waals surface area (Å²) in [6, 6.07) is 4.56. The van der Waals surface area contributed by atoms with Crippen LogP contribution in [0.3, 0.4) is 0 Å². The Morgan fingerprint density at radius 2 is 2.27 bits per heavy atom. The summed E-state index contributed by atoms with van der Waals surface area (Å²) < 4.78 is 0. The third-order valence-corrected chi connectivity index (χ3v) is 2.17. The monoisotopic (exact) mass is 207 g/mol. The Bertz CT molecular complexity index is 387. The number of carboxylic acids is 1. The summed E-state index contributed by atoms with van der Waals surface area (Å²) in [7, 11) is 0. The van der Waals surface area contributed by atoms with Crippen molar-refractivity contribution in [3.63, 3.8) is 0 Å². The Morgan fingerprint density at radius 3 is 2.73 bits per heavy atom. The molecule has 4 heteroatoms. The van der Waals surface area contributed by atoms with Gasteiger partial charge in [-0.1, -0.05) is 13.0 Å². The zero-order valence-corrected chi connectivity index (χ0v) is 8.43. The van der Waals surface area contributed by atoms with E-state index in [4.69, 9.17) is 10.8 Å². The van der Waals surface area contributed by atoms with Crippen LogP contribution in [0.1, 0.15) is 22.8 Å². The molecular formula is C11H13NO3. The molecular weight excluding hydrogens is 194 g/mol. The van der Waals surface area contributed by atoms with Gasteiger partial charge in [0.05, 0.1) is 5.56 Å². The van der Waals surface area contributed by atoms with Crippen LogP contribution in [0.15, 0.2) is 18.2 Å². The average molecular weight is 207 g/mol. The van der Waals surface area contributed by atoms with E-state index in [1.165, 1.54) is 12.1 Å². The third kappa shape index (κ3) is 2.80. The van der Waals surface area contributed by atoms with Gasteiger partial charge in [0.15, 0.2) is 0 Å². The second-order valence-corrected chi connectivity index (χ2v) is 3.54. The average Bonchev–Trinajstić information content (AvgIpc) is 2.20. The Morgan fingerprint density at radius 1 is 1.60 bits per heavy atom. The first kappa shape index (κ1) is 11.2. The molecule has 0 heterocycles. The van der Waals surface area contributed by atoms with E-state index < -0.39 is 5.97 Å². The Labute approximate surface area is 87.7 Å². The molecule has 0 saturated carbocycles. The number of carboxylic acid groups (broad SMARTS) is 1. The van der Waals surface area contributed by atoms with Crippen molar-refractivity contribution in [2.45, 2.75) is 13.3 Å². The summed E-state index contributed by atoms with van der Waals surface area (Å²) in [5.41, 5.74) is 7.07. The van der Waals surface area contributed by atoms with E-state index >= 15 is 0 Å². The van der Waals surface area contributed by atoms with E-state index in [1.807, 2.05) is 0 Å². The molecule has 0 fully saturated rings. The van der Waals surface area contributed by atoms with Crippen LogP contribution in [-0.2, 0) is 11.2 Å². The highest BCUT2D eigenvalue weighted by molar-refractivity contribution is 5.89. The van der Waals surface area contributed by atoms with Crippen LogP contribution in [-0.4, -0.2) is 17.4 Å². The van der Waals surface area contributed by atoms with Crippen LogP contribution in [0.2, 0.25) is 0 Å². The molecule has 80 valence electrons. The van der Waals surface area contributed by atoms with Gasteiger partial charge in [0.25, 0.3) is 0 Å². The van der Waals surface area contributed by atoms with Gasteiger partial charge in [-0.3, -0.25) is 0 Å². The fourth-order valence-corrected chi connectivity index (χ4v) is 1.31. The quantitative estimate of drug-likeness (QED) is 0.576. The van der Waals surface area contributed by atoms with E-state index in [0.717, 1.165) is 11.8 Å². The van der Waals surface area contributed by atoms with Crippen molar-refractivity contribution in [2.75, 3.05) is 5.73 Å². The zero-order valence-electron chi connectivity index (χ0n) is 8.43. The number of hydrogen-bond donors (Lipinski definition) is 2. The van der Waals surface area contributed by atoms with Crippen LogP contribution in [0, 0.1) is 5.92 Å². The van der Waals surface area contributed by atoms with Gasteiger partial charge in [0.1, 0.15) is 6.29 Å². The summed E-state index contributed by atoms with van der Waals surface area (Å²) in [6.07, 6.45) is 1.39. The minimum absolute atomic E-state index is 0.108. The lowest BCUT2D eigenvalue weighted by Crippen LogP contribution is -2.05. The van der Waals surface area contributed by atoms with Gasteiger partial charge in [-0.15, -0.1) is 0 Å². The lowest BCUT2D eigenvalue weighted by molar-refractivity contribution is -0.110. The highest BCUT2D eigenvalue weighted by atomic mass is 16.4. The Balaban J connectivity index is 2.93. The largest absolute Gasteiger partial charge is 0.478 e. The summed E-state index contributed by atoms with van der Waals surface area (Å²) in [6.45, 7) is 1.79. The minimum atomic E-state index is -1.00. The SMILES string of the molecule is CC(C=O)Cc1ccc(C(=O)O)cc1N. The van der Waals surface area contributed by atoms with Crippen LogP contribution >= 0.6 is 0 Å². The van der Waals surface area contributed by atoms with Crippen molar-refractivity contribution in [1.82, 2.24) is 0 Å².